The molecule has 1 N–H and O–H groups in total. The molecule has 1 aliphatic heterocycles. The topological polar surface area (TPSA) is 52.9 Å². The lowest BCUT2D eigenvalue weighted by Crippen LogP contribution is -2.36. The zero-order valence-corrected chi connectivity index (χ0v) is 7.69. The smallest absolute Gasteiger partial charge is 0.234 e. The summed E-state index contributed by atoms with van der Waals surface area (Å²) in [6.45, 7) is 0. The molecule has 0 aromatic carbocycles. The molecular formula is C8H12N2OS. The molecule has 0 spiro atoms. The lowest BCUT2D eigenvalue weighted by molar-refractivity contribution is -0.120. The van der Waals surface area contributed by atoms with Crippen LogP contribution in [0.3, 0.4) is 0 Å². The Morgan fingerprint density at radius 3 is 2.83 bits per heavy atom. The maximum atomic E-state index is 11.0. The van der Waals surface area contributed by atoms with Crippen molar-refractivity contribution in [1.29, 1.82) is 5.26 Å². The first-order valence-corrected chi connectivity index (χ1v) is 5.22. The molecule has 1 rings (SSSR count). The van der Waals surface area contributed by atoms with Gasteiger partial charge in [0.1, 0.15) is 6.42 Å². The van der Waals surface area contributed by atoms with Gasteiger partial charge in [-0.1, -0.05) is 0 Å². The van der Waals surface area contributed by atoms with E-state index in [1.165, 1.54) is 0 Å². The van der Waals surface area contributed by atoms with Gasteiger partial charge in [-0.2, -0.15) is 17.0 Å². The Morgan fingerprint density at radius 1 is 1.58 bits per heavy atom. The Labute approximate surface area is 76.5 Å². The number of carbonyl (C=O) groups excluding carboxylic acids is 1. The van der Waals surface area contributed by atoms with E-state index < -0.39 is 0 Å². The Bertz CT molecular complexity index is 194. The van der Waals surface area contributed by atoms with Crippen LogP contribution >= 0.6 is 11.8 Å². The van der Waals surface area contributed by atoms with Crippen LogP contribution in [0.1, 0.15) is 19.3 Å². The lowest BCUT2D eigenvalue weighted by atomic mass is 10.1. The van der Waals surface area contributed by atoms with E-state index in [1.807, 2.05) is 17.8 Å². The summed E-state index contributed by atoms with van der Waals surface area (Å²) in [6, 6.07) is 2.15. The van der Waals surface area contributed by atoms with Gasteiger partial charge < -0.3 is 5.32 Å². The van der Waals surface area contributed by atoms with Crippen molar-refractivity contribution in [1.82, 2.24) is 5.32 Å². The SMILES string of the molecule is N#CCC(=O)NC1CCSCC1. The molecule has 0 aromatic rings. The number of rotatable bonds is 2. The van der Waals surface area contributed by atoms with Gasteiger partial charge in [0.2, 0.25) is 5.91 Å². The van der Waals surface area contributed by atoms with E-state index in [2.05, 4.69) is 5.32 Å². The standard InChI is InChI=1S/C8H12N2OS/c9-4-1-8(11)10-7-2-5-12-6-3-7/h7H,1-3,5-6H2,(H,10,11). The van der Waals surface area contributed by atoms with E-state index in [1.54, 1.807) is 0 Å². The van der Waals surface area contributed by atoms with Gasteiger partial charge in [-0.25, -0.2) is 0 Å². The van der Waals surface area contributed by atoms with Crippen molar-refractivity contribution in [3.63, 3.8) is 0 Å². The third kappa shape index (κ3) is 3.14. The quantitative estimate of drug-likeness (QED) is 0.694. The second-order valence-corrected chi connectivity index (χ2v) is 4.01. The van der Waals surface area contributed by atoms with Gasteiger partial charge in [0.15, 0.2) is 0 Å². The highest BCUT2D eigenvalue weighted by Crippen LogP contribution is 2.16. The van der Waals surface area contributed by atoms with Crippen molar-refractivity contribution in [3.05, 3.63) is 0 Å². The molecular weight excluding hydrogens is 172 g/mol. The maximum Gasteiger partial charge on any atom is 0.234 e. The summed E-state index contributed by atoms with van der Waals surface area (Å²) in [5.74, 6) is 2.11. The van der Waals surface area contributed by atoms with Crippen molar-refractivity contribution in [3.8, 4) is 6.07 Å². The number of carbonyl (C=O) groups is 1. The summed E-state index contributed by atoms with van der Waals surface area (Å²) in [7, 11) is 0. The molecule has 0 radical (unpaired) electrons. The number of hydrogen-bond donors (Lipinski definition) is 1. The first-order chi connectivity index (χ1) is 5.83. The predicted octanol–water partition coefficient (Wildman–Crippen LogP) is 0.912. The van der Waals surface area contributed by atoms with Crippen molar-refractivity contribution in [2.24, 2.45) is 0 Å². The molecule has 0 saturated carbocycles. The molecule has 66 valence electrons. The molecule has 1 amide bonds. The van der Waals surface area contributed by atoms with Crippen LogP contribution in [0.2, 0.25) is 0 Å². The molecule has 1 aliphatic rings. The van der Waals surface area contributed by atoms with E-state index in [0.29, 0.717) is 6.04 Å². The average Bonchev–Trinajstić information content (AvgIpc) is 2.06. The number of nitriles is 1. The molecule has 1 fully saturated rings. The fraction of sp³-hybridized carbons (Fsp3) is 0.750. The number of thioether (sulfide) groups is 1. The molecule has 3 nitrogen and oxygen atoms in total. The van der Waals surface area contributed by atoms with Crippen molar-refractivity contribution in [2.45, 2.75) is 25.3 Å². The normalized spacial score (nSPS) is 18.2. The summed E-state index contributed by atoms with van der Waals surface area (Å²) < 4.78 is 0. The van der Waals surface area contributed by atoms with Crippen LogP contribution in [0, 0.1) is 11.3 Å². The second-order valence-electron chi connectivity index (χ2n) is 2.79. The monoisotopic (exact) mass is 184 g/mol. The zero-order valence-electron chi connectivity index (χ0n) is 6.88. The highest BCUT2D eigenvalue weighted by Gasteiger charge is 2.15. The van der Waals surface area contributed by atoms with Crippen LogP contribution in [0.15, 0.2) is 0 Å². The van der Waals surface area contributed by atoms with Gasteiger partial charge in [0.05, 0.1) is 6.07 Å². The van der Waals surface area contributed by atoms with E-state index in [4.69, 9.17) is 5.26 Å². The highest BCUT2D eigenvalue weighted by atomic mass is 32.2. The van der Waals surface area contributed by atoms with Crippen LogP contribution in [0.5, 0.6) is 0 Å². The molecule has 0 aromatic heterocycles. The first kappa shape index (κ1) is 9.40. The minimum absolute atomic E-state index is 0.0103. The van der Waals surface area contributed by atoms with E-state index in [9.17, 15) is 4.79 Å². The van der Waals surface area contributed by atoms with Crippen molar-refractivity contribution >= 4 is 17.7 Å². The molecule has 0 unspecified atom stereocenters. The van der Waals surface area contributed by atoms with Crippen LogP contribution in [0.4, 0.5) is 0 Å². The van der Waals surface area contributed by atoms with Crippen LogP contribution < -0.4 is 5.32 Å². The molecule has 4 heteroatoms. The summed E-state index contributed by atoms with van der Waals surface area (Å²) >= 11 is 1.92. The summed E-state index contributed by atoms with van der Waals surface area (Å²) in [4.78, 5) is 11.0. The number of hydrogen-bond acceptors (Lipinski definition) is 3. The molecule has 1 heterocycles. The number of nitrogens with zero attached hydrogens (tertiary/aromatic N) is 1. The molecule has 0 atom stereocenters. The summed E-state index contributed by atoms with van der Waals surface area (Å²) in [5.41, 5.74) is 0. The predicted molar refractivity (Wildman–Crippen MR) is 48.7 cm³/mol. The Hall–Kier alpha value is -0.690. The Kier molecular flexibility index (Phi) is 3.95. The summed E-state index contributed by atoms with van der Waals surface area (Å²) in [6.07, 6.45) is 2.08. The van der Waals surface area contributed by atoms with Crippen LogP contribution in [-0.4, -0.2) is 23.5 Å². The Balaban J connectivity index is 2.21. The molecule has 0 bridgehead atoms. The highest BCUT2D eigenvalue weighted by molar-refractivity contribution is 7.99. The van der Waals surface area contributed by atoms with Gasteiger partial charge in [-0.3, -0.25) is 4.79 Å². The molecule has 12 heavy (non-hydrogen) atoms. The minimum atomic E-state index is -0.130. The van der Waals surface area contributed by atoms with Gasteiger partial charge in [-0.15, -0.1) is 0 Å². The van der Waals surface area contributed by atoms with E-state index >= 15 is 0 Å². The van der Waals surface area contributed by atoms with Crippen LogP contribution in [0.25, 0.3) is 0 Å². The number of nitrogens with one attached hydrogen (secondary N) is 1. The fourth-order valence-electron chi connectivity index (χ4n) is 1.19. The summed E-state index contributed by atoms with van der Waals surface area (Å²) in [5, 5.41) is 11.1. The lowest BCUT2D eigenvalue weighted by Gasteiger charge is -2.21. The third-order valence-electron chi connectivity index (χ3n) is 1.83. The van der Waals surface area contributed by atoms with Gasteiger partial charge in [0.25, 0.3) is 0 Å². The number of amides is 1. The van der Waals surface area contributed by atoms with Gasteiger partial charge in [0, 0.05) is 6.04 Å². The largest absolute Gasteiger partial charge is 0.352 e. The van der Waals surface area contributed by atoms with Crippen molar-refractivity contribution < 1.29 is 4.79 Å². The maximum absolute atomic E-state index is 11.0. The van der Waals surface area contributed by atoms with Crippen molar-refractivity contribution in [2.75, 3.05) is 11.5 Å². The average molecular weight is 184 g/mol. The van der Waals surface area contributed by atoms with Gasteiger partial charge >= 0.3 is 0 Å². The van der Waals surface area contributed by atoms with E-state index in [0.717, 1.165) is 24.3 Å². The van der Waals surface area contributed by atoms with Crippen LogP contribution in [-0.2, 0) is 4.79 Å². The molecule has 0 aliphatic carbocycles. The second kappa shape index (κ2) is 5.04. The van der Waals surface area contributed by atoms with E-state index in [-0.39, 0.29) is 12.3 Å². The minimum Gasteiger partial charge on any atom is -0.352 e. The third-order valence-corrected chi connectivity index (χ3v) is 2.87. The van der Waals surface area contributed by atoms with Gasteiger partial charge in [-0.05, 0) is 24.3 Å². The fourth-order valence-corrected chi connectivity index (χ4v) is 2.30. The Morgan fingerprint density at radius 2 is 2.25 bits per heavy atom. The zero-order chi connectivity index (χ0) is 8.81. The molecule has 1 saturated heterocycles. The first-order valence-electron chi connectivity index (χ1n) is 4.07.